The van der Waals surface area contributed by atoms with Gasteiger partial charge < -0.3 is 4.74 Å². The standard InChI is InChI=1S/C16H8BrClN2O4/c17-12-4-2-1-3-9(12)7-14-16(21)24-15(19-14)11-6-5-10(20(22)23)8-13(11)18/h1-8H/b14-7-. The van der Waals surface area contributed by atoms with Crippen LogP contribution in [0.5, 0.6) is 0 Å². The van der Waals surface area contributed by atoms with E-state index in [1.807, 2.05) is 24.3 Å². The molecule has 0 unspecified atom stereocenters. The highest BCUT2D eigenvalue weighted by Crippen LogP contribution is 2.28. The summed E-state index contributed by atoms with van der Waals surface area (Å²) in [6, 6.07) is 11.2. The topological polar surface area (TPSA) is 81.8 Å². The molecule has 1 aliphatic rings. The van der Waals surface area contributed by atoms with E-state index in [9.17, 15) is 14.9 Å². The number of hydrogen-bond acceptors (Lipinski definition) is 5. The minimum absolute atomic E-state index is 0.0122. The highest BCUT2D eigenvalue weighted by molar-refractivity contribution is 9.10. The van der Waals surface area contributed by atoms with Crippen molar-refractivity contribution in [2.45, 2.75) is 0 Å². The van der Waals surface area contributed by atoms with Gasteiger partial charge >= 0.3 is 5.97 Å². The molecular formula is C16H8BrClN2O4. The first-order valence-electron chi connectivity index (χ1n) is 6.67. The number of nitro groups is 1. The fraction of sp³-hybridized carbons (Fsp3) is 0. The first kappa shape index (κ1) is 16.4. The molecule has 0 spiro atoms. The molecule has 0 aromatic heterocycles. The van der Waals surface area contributed by atoms with Gasteiger partial charge in [0, 0.05) is 16.6 Å². The second-order valence-electron chi connectivity index (χ2n) is 4.78. The van der Waals surface area contributed by atoms with Gasteiger partial charge in [-0.05, 0) is 23.8 Å². The Kier molecular flexibility index (Phi) is 4.46. The number of rotatable bonds is 3. The zero-order chi connectivity index (χ0) is 17.3. The predicted molar refractivity (Wildman–Crippen MR) is 92.9 cm³/mol. The van der Waals surface area contributed by atoms with E-state index in [-0.39, 0.29) is 22.3 Å². The summed E-state index contributed by atoms with van der Waals surface area (Å²) < 4.78 is 5.93. The van der Waals surface area contributed by atoms with Crippen LogP contribution >= 0.6 is 27.5 Å². The Morgan fingerprint density at radius 1 is 1.25 bits per heavy atom. The maximum Gasteiger partial charge on any atom is 0.363 e. The smallest absolute Gasteiger partial charge is 0.363 e. The Morgan fingerprint density at radius 2 is 2.00 bits per heavy atom. The van der Waals surface area contributed by atoms with Crippen molar-refractivity contribution < 1.29 is 14.5 Å². The Morgan fingerprint density at radius 3 is 2.67 bits per heavy atom. The average Bonchev–Trinajstić information content (AvgIpc) is 2.90. The molecule has 3 rings (SSSR count). The quantitative estimate of drug-likeness (QED) is 0.328. The number of halogens is 2. The summed E-state index contributed by atoms with van der Waals surface area (Å²) in [7, 11) is 0. The normalized spacial score (nSPS) is 15.3. The van der Waals surface area contributed by atoms with Crippen molar-refractivity contribution in [3.63, 3.8) is 0 Å². The summed E-state index contributed by atoms with van der Waals surface area (Å²) in [5.74, 6) is -0.603. The lowest BCUT2D eigenvalue weighted by atomic mass is 10.2. The molecule has 0 aliphatic carbocycles. The van der Waals surface area contributed by atoms with Crippen LogP contribution in [0.4, 0.5) is 5.69 Å². The molecule has 120 valence electrons. The minimum atomic E-state index is -0.616. The number of carbonyl (C=O) groups excluding carboxylic acids is 1. The summed E-state index contributed by atoms with van der Waals surface area (Å²) in [5.41, 5.74) is 1.04. The fourth-order valence-electron chi connectivity index (χ4n) is 2.05. The molecule has 6 nitrogen and oxygen atoms in total. The molecule has 0 atom stereocenters. The maximum absolute atomic E-state index is 12.0. The molecule has 0 N–H and O–H groups in total. The molecule has 1 heterocycles. The predicted octanol–water partition coefficient (Wildman–Crippen LogP) is 4.36. The van der Waals surface area contributed by atoms with Crippen molar-refractivity contribution in [2.24, 2.45) is 4.99 Å². The molecular weight excluding hydrogens is 400 g/mol. The first-order chi connectivity index (χ1) is 11.5. The lowest BCUT2D eigenvalue weighted by Gasteiger charge is -2.02. The van der Waals surface area contributed by atoms with Crippen molar-refractivity contribution in [3.8, 4) is 0 Å². The zero-order valence-electron chi connectivity index (χ0n) is 11.9. The Balaban J connectivity index is 1.98. The van der Waals surface area contributed by atoms with Gasteiger partial charge in [-0.15, -0.1) is 0 Å². The summed E-state index contributed by atoms with van der Waals surface area (Å²) >= 11 is 9.42. The summed E-state index contributed by atoms with van der Waals surface area (Å²) in [6.45, 7) is 0. The molecule has 1 aliphatic heterocycles. The van der Waals surface area contributed by atoms with Crippen molar-refractivity contribution in [1.82, 2.24) is 0 Å². The van der Waals surface area contributed by atoms with Crippen LogP contribution < -0.4 is 0 Å². The number of aliphatic imine (C=N–C) groups is 1. The summed E-state index contributed by atoms with van der Waals surface area (Å²) in [6.07, 6.45) is 1.58. The van der Waals surface area contributed by atoms with Gasteiger partial charge in [-0.1, -0.05) is 45.7 Å². The van der Waals surface area contributed by atoms with E-state index in [1.165, 1.54) is 18.2 Å². The monoisotopic (exact) mass is 406 g/mol. The van der Waals surface area contributed by atoms with Crippen LogP contribution in [0.25, 0.3) is 6.08 Å². The van der Waals surface area contributed by atoms with E-state index in [4.69, 9.17) is 16.3 Å². The van der Waals surface area contributed by atoms with Gasteiger partial charge in [0.15, 0.2) is 5.70 Å². The van der Waals surface area contributed by atoms with Crippen molar-refractivity contribution in [1.29, 1.82) is 0 Å². The molecule has 0 saturated heterocycles. The summed E-state index contributed by atoms with van der Waals surface area (Å²) in [5, 5.41) is 10.8. The number of ether oxygens (including phenoxy) is 1. The van der Waals surface area contributed by atoms with Crippen LogP contribution in [0.15, 0.2) is 57.6 Å². The van der Waals surface area contributed by atoms with Gasteiger partial charge in [-0.3, -0.25) is 10.1 Å². The van der Waals surface area contributed by atoms with Gasteiger partial charge in [-0.25, -0.2) is 9.79 Å². The Bertz CT molecular complexity index is 924. The molecule has 0 fully saturated rings. The molecule has 0 radical (unpaired) electrons. The molecule has 0 saturated carbocycles. The number of hydrogen-bond donors (Lipinski definition) is 0. The number of nitro benzene ring substituents is 1. The Labute approximate surface area is 149 Å². The van der Waals surface area contributed by atoms with E-state index in [0.717, 1.165) is 10.0 Å². The molecule has 0 amide bonds. The lowest BCUT2D eigenvalue weighted by molar-refractivity contribution is -0.384. The van der Waals surface area contributed by atoms with Crippen molar-refractivity contribution in [2.75, 3.05) is 0 Å². The number of esters is 1. The van der Waals surface area contributed by atoms with Crippen LogP contribution in [0.3, 0.4) is 0 Å². The largest absolute Gasteiger partial charge is 0.402 e. The van der Waals surface area contributed by atoms with Crippen LogP contribution in [0.2, 0.25) is 5.02 Å². The van der Waals surface area contributed by atoms with Gasteiger partial charge in [0.1, 0.15) is 0 Å². The van der Waals surface area contributed by atoms with Crippen molar-refractivity contribution >= 4 is 51.2 Å². The Hall–Kier alpha value is -2.51. The van der Waals surface area contributed by atoms with Crippen LogP contribution in [-0.4, -0.2) is 16.8 Å². The highest BCUT2D eigenvalue weighted by atomic mass is 79.9. The van der Waals surface area contributed by atoms with Gasteiger partial charge in [0.25, 0.3) is 5.69 Å². The SMILES string of the molecule is O=C1OC(c2ccc([N+](=O)[O-])cc2Cl)=N/C1=C\c1ccccc1Br. The number of cyclic esters (lactones) is 1. The first-order valence-corrected chi connectivity index (χ1v) is 7.84. The van der Waals surface area contributed by atoms with E-state index in [2.05, 4.69) is 20.9 Å². The third-order valence-electron chi connectivity index (χ3n) is 3.21. The second-order valence-corrected chi connectivity index (χ2v) is 6.04. The van der Waals surface area contributed by atoms with Gasteiger partial charge in [0.2, 0.25) is 5.90 Å². The molecule has 8 heteroatoms. The fourth-order valence-corrected chi connectivity index (χ4v) is 2.71. The third-order valence-corrected chi connectivity index (χ3v) is 4.25. The summed E-state index contributed by atoms with van der Waals surface area (Å²) in [4.78, 5) is 26.3. The van der Waals surface area contributed by atoms with E-state index in [0.29, 0.717) is 5.56 Å². The average molecular weight is 408 g/mol. The van der Waals surface area contributed by atoms with Crippen LogP contribution in [-0.2, 0) is 9.53 Å². The third kappa shape index (κ3) is 3.22. The molecule has 2 aromatic carbocycles. The second kappa shape index (κ2) is 6.54. The zero-order valence-corrected chi connectivity index (χ0v) is 14.2. The van der Waals surface area contributed by atoms with Gasteiger partial charge in [0.05, 0.1) is 15.5 Å². The maximum atomic E-state index is 12.0. The van der Waals surface area contributed by atoms with Crippen molar-refractivity contribution in [3.05, 3.63) is 78.9 Å². The van der Waals surface area contributed by atoms with Gasteiger partial charge in [-0.2, -0.15) is 0 Å². The van der Waals surface area contributed by atoms with Crippen LogP contribution in [0, 0.1) is 10.1 Å². The van der Waals surface area contributed by atoms with E-state index < -0.39 is 10.9 Å². The molecule has 0 bridgehead atoms. The van der Waals surface area contributed by atoms with Crippen LogP contribution in [0.1, 0.15) is 11.1 Å². The van der Waals surface area contributed by atoms with E-state index in [1.54, 1.807) is 6.08 Å². The number of non-ortho nitro benzene ring substituents is 1. The minimum Gasteiger partial charge on any atom is -0.402 e. The number of nitrogens with zero attached hydrogens (tertiary/aromatic N) is 2. The molecule has 24 heavy (non-hydrogen) atoms. The highest BCUT2D eigenvalue weighted by Gasteiger charge is 2.26. The lowest BCUT2D eigenvalue weighted by Crippen LogP contribution is -2.06. The number of benzene rings is 2. The van der Waals surface area contributed by atoms with E-state index >= 15 is 0 Å². The molecule has 2 aromatic rings. The number of carbonyl (C=O) groups is 1.